The molecule has 0 radical (unpaired) electrons. The van der Waals surface area contributed by atoms with E-state index in [1.54, 1.807) is 27.4 Å². The summed E-state index contributed by atoms with van der Waals surface area (Å²) in [6.45, 7) is 0. The summed E-state index contributed by atoms with van der Waals surface area (Å²) in [6, 6.07) is 13.1. The zero-order valence-corrected chi connectivity index (χ0v) is 17.5. The zero-order valence-electron chi connectivity index (χ0n) is 16.7. The molecule has 0 fully saturated rings. The summed E-state index contributed by atoms with van der Waals surface area (Å²) < 4.78 is 17.6. The maximum atomic E-state index is 12.7. The predicted molar refractivity (Wildman–Crippen MR) is 117 cm³/mol. The number of thiazole rings is 1. The van der Waals surface area contributed by atoms with Gasteiger partial charge in [-0.1, -0.05) is 35.6 Å². The van der Waals surface area contributed by atoms with Gasteiger partial charge in [0.1, 0.15) is 5.75 Å². The van der Waals surface area contributed by atoms with Gasteiger partial charge in [-0.2, -0.15) is 9.50 Å². The Bertz CT molecular complexity index is 1320. The van der Waals surface area contributed by atoms with Gasteiger partial charge >= 0.3 is 0 Å². The SMILES string of the molecule is COc1ccc(/C=c2\sc3nc(/C=C/c4ccc(OC)c(OC)c4)nn3c2=O)cc1. The summed E-state index contributed by atoms with van der Waals surface area (Å²) in [4.78, 5) is 17.6. The van der Waals surface area contributed by atoms with Gasteiger partial charge in [0.05, 0.1) is 25.9 Å². The first-order valence-electron chi connectivity index (χ1n) is 9.06. The lowest BCUT2D eigenvalue weighted by atomic mass is 10.2. The Morgan fingerprint density at radius 3 is 2.30 bits per heavy atom. The molecule has 2 aromatic heterocycles. The van der Waals surface area contributed by atoms with Crippen LogP contribution in [0, 0.1) is 0 Å². The summed E-state index contributed by atoms with van der Waals surface area (Å²) in [5.74, 6) is 2.53. The van der Waals surface area contributed by atoms with Crippen LogP contribution in [0.25, 0.3) is 23.2 Å². The predicted octanol–water partition coefficient (Wildman–Crippen LogP) is 2.89. The summed E-state index contributed by atoms with van der Waals surface area (Å²) in [5, 5.41) is 4.31. The molecule has 0 aliphatic carbocycles. The van der Waals surface area contributed by atoms with E-state index in [-0.39, 0.29) is 5.56 Å². The van der Waals surface area contributed by atoms with Crippen molar-refractivity contribution >= 4 is 34.5 Å². The van der Waals surface area contributed by atoms with E-state index in [0.717, 1.165) is 16.9 Å². The van der Waals surface area contributed by atoms with Gasteiger partial charge in [-0.3, -0.25) is 4.79 Å². The molecule has 7 nitrogen and oxygen atoms in total. The molecule has 0 bridgehead atoms. The lowest BCUT2D eigenvalue weighted by molar-refractivity contribution is 0.355. The second-order valence-corrected chi connectivity index (χ2v) is 7.31. The number of aromatic nitrogens is 3. The molecule has 2 aromatic carbocycles. The van der Waals surface area contributed by atoms with Gasteiger partial charge in [0, 0.05) is 0 Å². The Balaban J connectivity index is 1.61. The summed E-state index contributed by atoms with van der Waals surface area (Å²) in [6.07, 6.45) is 5.44. The third-order valence-corrected chi connectivity index (χ3v) is 5.40. The van der Waals surface area contributed by atoms with E-state index in [1.165, 1.54) is 15.9 Å². The van der Waals surface area contributed by atoms with Crippen LogP contribution in [0.15, 0.2) is 47.3 Å². The second kappa shape index (κ2) is 8.38. The molecule has 2 heterocycles. The molecule has 152 valence electrons. The lowest BCUT2D eigenvalue weighted by Gasteiger charge is -2.07. The third-order valence-electron chi connectivity index (χ3n) is 4.44. The molecule has 0 saturated carbocycles. The zero-order chi connectivity index (χ0) is 21.1. The average molecular weight is 421 g/mol. The highest BCUT2D eigenvalue weighted by molar-refractivity contribution is 7.15. The fraction of sp³-hybridized carbons (Fsp3) is 0.136. The quantitative estimate of drug-likeness (QED) is 0.477. The number of benzene rings is 2. The molecule has 4 rings (SSSR count). The van der Waals surface area contributed by atoms with Crippen molar-refractivity contribution in [2.45, 2.75) is 0 Å². The Hall–Kier alpha value is -3.65. The minimum atomic E-state index is -0.191. The van der Waals surface area contributed by atoms with Crippen LogP contribution in [0.1, 0.15) is 17.0 Å². The van der Waals surface area contributed by atoms with Crippen molar-refractivity contribution in [3.05, 3.63) is 74.3 Å². The molecule has 0 N–H and O–H groups in total. The van der Waals surface area contributed by atoms with Gasteiger partial charge in [0.2, 0.25) is 4.96 Å². The Kier molecular flexibility index (Phi) is 5.49. The maximum Gasteiger partial charge on any atom is 0.291 e. The molecule has 0 atom stereocenters. The number of nitrogens with zero attached hydrogens (tertiary/aromatic N) is 3. The minimum absolute atomic E-state index is 0.191. The maximum absolute atomic E-state index is 12.7. The fourth-order valence-electron chi connectivity index (χ4n) is 2.90. The van der Waals surface area contributed by atoms with Crippen molar-refractivity contribution in [1.82, 2.24) is 14.6 Å². The van der Waals surface area contributed by atoms with E-state index in [4.69, 9.17) is 14.2 Å². The number of methoxy groups -OCH3 is 3. The van der Waals surface area contributed by atoms with Crippen LogP contribution in [0.3, 0.4) is 0 Å². The second-order valence-electron chi connectivity index (χ2n) is 6.30. The van der Waals surface area contributed by atoms with E-state index in [2.05, 4.69) is 10.1 Å². The lowest BCUT2D eigenvalue weighted by Crippen LogP contribution is -2.23. The van der Waals surface area contributed by atoms with Gasteiger partial charge < -0.3 is 14.2 Å². The first-order valence-corrected chi connectivity index (χ1v) is 9.88. The molecule has 0 spiro atoms. The highest BCUT2D eigenvalue weighted by Gasteiger charge is 2.09. The molecule has 8 heteroatoms. The van der Waals surface area contributed by atoms with Gasteiger partial charge in [-0.25, -0.2) is 0 Å². The molecule has 30 heavy (non-hydrogen) atoms. The number of rotatable bonds is 6. The topological polar surface area (TPSA) is 74.9 Å². The van der Waals surface area contributed by atoms with Crippen LogP contribution in [0.2, 0.25) is 0 Å². The highest BCUT2D eigenvalue weighted by Crippen LogP contribution is 2.28. The van der Waals surface area contributed by atoms with E-state index < -0.39 is 0 Å². The van der Waals surface area contributed by atoms with Crippen molar-refractivity contribution in [3.63, 3.8) is 0 Å². The van der Waals surface area contributed by atoms with Crippen molar-refractivity contribution < 1.29 is 14.2 Å². The van der Waals surface area contributed by atoms with Gasteiger partial charge in [0.15, 0.2) is 17.3 Å². The number of hydrogen-bond donors (Lipinski definition) is 0. The summed E-state index contributed by atoms with van der Waals surface area (Å²) in [5.41, 5.74) is 1.62. The van der Waals surface area contributed by atoms with Crippen molar-refractivity contribution in [2.24, 2.45) is 0 Å². The fourth-order valence-corrected chi connectivity index (χ4v) is 3.81. The molecule has 0 aliphatic rings. The van der Waals surface area contributed by atoms with Gasteiger partial charge in [0.25, 0.3) is 5.56 Å². The summed E-state index contributed by atoms with van der Waals surface area (Å²) in [7, 11) is 4.80. The first-order chi connectivity index (χ1) is 14.6. The Labute approximate surface area is 176 Å². The number of fused-ring (bicyclic) bond motifs is 1. The van der Waals surface area contributed by atoms with Crippen LogP contribution in [0.5, 0.6) is 17.2 Å². The normalized spacial score (nSPS) is 12.0. The first kappa shape index (κ1) is 19.7. The molecule has 0 aliphatic heterocycles. The van der Waals surface area contributed by atoms with E-state index in [9.17, 15) is 4.79 Å². The van der Waals surface area contributed by atoms with Crippen LogP contribution in [-0.4, -0.2) is 35.9 Å². The van der Waals surface area contributed by atoms with Gasteiger partial charge in [-0.05, 0) is 47.5 Å². The van der Waals surface area contributed by atoms with Crippen LogP contribution in [0.4, 0.5) is 0 Å². The Morgan fingerprint density at radius 2 is 1.63 bits per heavy atom. The smallest absolute Gasteiger partial charge is 0.291 e. The van der Waals surface area contributed by atoms with Crippen molar-refractivity contribution in [1.29, 1.82) is 0 Å². The monoisotopic (exact) mass is 421 g/mol. The summed E-state index contributed by atoms with van der Waals surface area (Å²) >= 11 is 1.30. The molecular weight excluding hydrogens is 402 g/mol. The molecule has 0 unspecified atom stereocenters. The largest absolute Gasteiger partial charge is 0.497 e. The van der Waals surface area contributed by atoms with Crippen LogP contribution < -0.4 is 24.3 Å². The number of ether oxygens (including phenoxy) is 3. The minimum Gasteiger partial charge on any atom is -0.497 e. The van der Waals surface area contributed by atoms with E-state index in [0.29, 0.717) is 26.8 Å². The van der Waals surface area contributed by atoms with Crippen molar-refractivity contribution in [2.75, 3.05) is 21.3 Å². The van der Waals surface area contributed by atoms with Crippen LogP contribution >= 0.6 is 11.3 Å². The standard InChI is InChI=1S/C22H19N3O4S/c1-27-16-8-4-15(5-9-16)13-19-21(26)25-22(30-19)23-20(24-25)11-7-14-6-10-17(28-2)18(12-14)29-3/h4-13H,1-3H3/b11-7+,19-13-. The van der Waals surface area contributed by atoms with E-state index in [1.807, 2.05) is 54.6 Å². The third kappa shape index (κ3) is 3.90. The molecular formula is C22H19N3O4S. The Morgan fingerprint density at radius 1 is 0.900 bits per heavy atom. The van der Waals surface area contributed by atoms with Crippen LogP contribution in [-0.2, 0) is 0 Å². The molecule has 0 amide bonds. The molecule has 4 aromatic rings. The number of hydrogen-bond acceptors (Lipinski definition) is 7. The van der Waals surface area contributed by atoms with Crippen molar-refractivity contribution in [3.8, 4) is 17.2 Å². The molecule has 0 saturated heterocycles. The highest BCUT2D eigenvalue weighted by atomic mass is 32.1. The van der Waals surface area contributed by atoms with Gasteiger partial charge in [-0.15, -0.1) is 5.10 Å². The van der Waals surface area contributed by atoms with E-state index >= 15 is 0 Å². The average Bonchev–Trinajstić information content (AvgIpc) is 3.31.